The number of benzene rings is 1. The molecule has 1 fully saturated rings. The molecule has 21 heavy (non-hydrogen) atoms. The third-order valence-corrected chi connectivity index (χ3v) is 4.17. The summed E-state index contributed by atoms with van der Waals surface area (Å²) in [7, 11) is 0. The molecular weight excluding hydrogens is 290 g/mol. The zero-order chi connectivity index (χ0) is 15.5. The number of hydrogen-bond acceptors (Lipinski definition) is 4. The van der Waals surface area contributed by atoms with E-state index in [4.69, 9.17) is 17.3 Å². The van der Waals surface area contributed by atoms with E-state index in [1.807, 2.05) is 6.92 Å². The second-order valence-corrected chi connectivity index (χ2v) is 6.28. The van der Waals surface area contributed by atoms with Gasteiger partial charge in [-0.1, -0.05) is 11.6 Å². The first-order valence-corrected chi connectivity index (χ1v) is 7.53. The number of nitrogens with two attached hydrogens (primary N) is 1. The van der Waals surface area contributed by atoms with Gasteiger partial charge in [0.1, 0.15) is 0 Å². The number of anilines is 2. The maximum absolute atomic E-state index is 11.9. The normalized spacial score (nSPS) is 18.4. The summed E-state index contributed by atoms with van der Waals surface area (Å²) in [6.45, 7) is 4.19. The fourth-order valence-corrected chi connectivity index (χ4v) is 2.60. The molecule has 116 valence electrons. The van der Waals surface area contributed by atoms with Crippen LogP contribution in [0.25, 0.3) is 0 Å². The molecule has 0 bridgehead atoms. The van der Waals surface area contributed by atoms with E-state index in [1.165, 1.54) is 0 Å². The van der Waals surface area contributed by atoms with E-state index in [9.17, 15) is 9.90 Å². The number of nitrogen functional groups attached to an aromatic ring is 1. The van der Waals surface area contributed by atoms with E-state index in [2.05, 4.69) is 10.2 Å². The standard InChI is InChI=1S/C15H22ClN3O2/c1-15(21)5-8-19(9-6-15)7-4-14(20)18-13-3-2-11(17)10-12(13)16/h2-3,10,21H,4-9,17H2,1H3,(H,18,20). The molecule has 1 amide bonds. The smallest absolute Gasteiger partial charge is 0.225 e. The average Bonchev–Trinajstić information content (AvgIpc) is 2.41. The molecule has 0 aromatic heterocycles. The molecule has 0 aliphatic carbocycles. The van der Waals surface area contributed by atoms with Crippen molar-refractivity contribution in [3.05, 3.63) is 23.2 Å². The van der Waals surface area contributed by atoms with E-state index in [-0.39, 0.29) is 5.91 Å². The first-order valence-electron chi connectivity index (χ1n) is 7.15. The van der Waals surface area contributed by atoms with Crippen molar-refractivity contribution in [1.29, 1.82) is 0 Å². The van der Waals surface area contributed by atoms with Crippen LogP contribution in [0.3, 0.4) is 0 Å². The first kappa shape index (κ1) is 16.1. The topological polar surface area (TPSA) is 78.6 Å². The number of carbonyl (C=O) groups excluding carboxylic acids is 1. The molecule has 1 aromatic rings. The lowest BCUT2D eigenvalue weighted by Crippen LogP contribution is -2.43. The molecule has 0 radical (unpaired) electrons. The first-order chi connectivity index (χ1) is 9.85. The van der Waals surface area contributed by atoms with Crippen molar-refractivity contribution in [1.82, 2.24) is 4.90 Å². The molecule has 1 aliphatic rings. The third kappa shape index (κ3) is 4.88. The Kier molecular flexibility index (Phi) is 5.08. The van der Waals surface area contributed by atoms with Gasteiger partial charge in [0.25, 0.3) is 0 Å². The number of amides is 1. The number of nitrogens with one attached hydrogen (secondary N) is 1. The predicted octanol–water partition coefficient (Wildman–Crippen LogP) is 2.10. The minimum atomic E-state index is -0.559. The number of likely N-dealkylation sites (tertiary alicyclic amines) is 1. The van der Waals surface area contributed by atoms with Crippen LogP contribution < -0.4 is 11.1 Å². The molecule has 0 unspecified atom stereocenters. The molecule has 1 heterocycles. The largest absolute Gasteiger partial charge is 0.399 e. The Morgan fingerprint density at radius 1 is 1.48 bits per heavy atom. The molecule has 1 aliphatic heterocycles. The van der Waals surface area contributed by atoms with Gasteiger partial charge in [0.2, 0.25) is 5.91 Å². The van der Waals surface area contributed by atoms with E-state index in [0.717, 1.165) is 25.9 Å². The van der Waals surface area contributed by atoms with Crippen molar-refractivity contribution in [3.63, 3.8) is 0 Å². The molecule has 1 saturated heterocycles. The molecular formula is C15H22ClN3O2. The van der Waals surface area contributed by atoms with E-state index in [0.29, 0.717) is 29.4 Å². The molecule has 0 saturated carbocycles. The predicted molar refractivity (Wildman–Crippen MR) is 85.4 cm³/mol. The molecule has 6 heteroatoms. The van der Waals surface area contributed by atoms with E-state index < -0.39 is 5.60 Å². The number of rotatable bonds is 4. The quantitative estimate of drug-likeness (QED) is 0.744. The zero-order valence-electron chi connectivity index (χ0n) is 12.2. The zero-order valence-corrected chi connectivity index (χ0v) is 13.0. The van der Waals surface area contributed by atoms with Crippen molar-refractivity contribution in [2.75, 3.05) is 30.7 Å². The van der Waals surface area contributed by atoms with E-state index >= 15 is 0 Å². The van der Waals surface area contributed by atoms with Gasteiger partial charge in [0, 0.05) is 31.7 Å². The minimum absolute atomic E-state index is 0.0704. The lowest BCUT2D eigenvalue weighted by Gasteiger charge is -2.35. The fraction of sp³-hybridized carbons (Fsp3) is 0.533. The number of piperidine rings is 1. The van der Waals surface area contributed by atoms with Crippen LogP contribution in [0.4, 0.5) is 11.4 Å². The van der Waals surface area contributed by atoms with Crippen LogP contribution in [0.2, 0.25) is 5.02 Å². The Balaban J connectivity index is 1.78. The van der Waals surface area contributed by atoms with Gasteiger partial charge in [-0.15, -0.1) is 0 Å². The summed E-state index contributed by atoms with van der Waals surface area (Å²) in [5.41, 5.74) is 6.20. The number of carbonyl (C=O) groups is 1. The fourth-order valence-electron chi connectivity index (χ4n) is 2.36. The number of nitrogens with zero attached hydrogens (tertiary/aromatic N) is 1. The van der Waals surface area contributed by atoms with Crippen LogP contribution in [0.5, 0.6) is 0 Å². The Morgan fingerprint density at radius 2 is 2.14 bits per heavy atom. The molecule has 1 aromatic carbocycles. The highest BCUT2D eigenvalue weighted by Crippen LogP contribution is 2.24. The number of halogens is 1. The summed E-state index contributed by atoms with van der Waals surface area (Å²) in [4.78, 5) is 14.1. The SMILES string of the molecule is CC1(O)CCN(CCC(=O)Nc2ccc(N)cc2Cl)CC1. The van der Waals surface area contributed by atoms with Crippen LogP contribution in [-0.4, -0.2) is 41.1 Å². The third-order valence-electron chi connectivity index (χ3n) is 3.86. The van der Waals surface area contributed by atoms with Gasteiger partial charge in [-0.3, -0.25) is 4.79 Å². The molecule has 0 atom stereocenters. The van der Waals surface area contributed by atoms with Crippen LogP contribution in [-0.2, 0) is 4.79 Å². The van der Waals surface area contributed by atoms with Crippen LogP contribution in [0, 0.1) is 0 Å². The van der Waals surface area contributed by atoms with Crippen molar-refractivity contribution in [2.24, 2.45) is 0 Å². The van der Waals surface area contributed by atoms with Gasteiger partial charge < -0.3 is 21.1 Å². The average molecular weight is 312 g/mol. The summed E-state index contributed by atoms with van der Waals surface area (Å²) < 4.78 is 0. The van der Waals surface area contributed by atoms with Crippen molar-refractivity contribution in [2.45, 2.75) is 31.8 Å². The van der Waals surface area contributed by atoms with Gasteiger partial charge in [-0.25, -0.2) is 0 Å². The van der Waals surface area contributed by atoms with Crippen molar-refractivity contribution >= 4 is 28.9 Å². The maximum atomic E-state index is 11.9. The second-order valence-electron chi connectivity index (χ2n) is 5.88. The Hall–Kier alpha value is -1.30. The number of aliphatic hydroxyl groups is 1. The van der Waals surface area contributed by atoms with Crippen molar-refractivity contribution < 1.29 is 9.90 Å². The van der Waals surface area contributed by atoms with Crippen LogP contribution in [0.1, 0.15) is 26.2 Å². The van der Waals surface area contributed by atoms with Gasteiger partial charge in [-0.2, -0.15) is 0 Å². The Labute approximate surface area is 130 Å². The monoisotopic (exact) mass is 311 g/mol. The highest BCUT2D eigenvalue weighted by Gasteiger charge is 2.27. The van der Waals surface area contributed by atoms with Crippen molar-refractivity contribution in [3.8, 4) is 0 Å². The summed E-state index contributed by atoms with van der Waals surface area (Å²) >= 11 is 6.02. The summed E-state index contributed by atoms with van der Waals surface area (Å²) in [6, 6.07) is 5.02. The lowest BCUT2D eigenvalue weighted by molar-refractivity contribution is -0.116. The van der Waals surface area contributed by atoms with Gasteiger partial charge in [0.05, 0.1) is 16.3 Å². The van der Waals surface area contributed by atoms with E-state index in [1.54, 1.807) is 18.2 Å². The van der Waals surface area contributed by atoms with Gasteiger partial charge in [0.15, 0.2) is 0 Å². The molecule has 5 nitrogen and oxygen atoms in total. The number of hydrogen-bond donors (Lipinski definition) is 3. The highest BCUT2D eigenvalue weighted by molar-refractivity contribution is 6.34. The van der Waals surface area contributed by atoms with Gasteiger partial charge >= 0.3 is 0 Å². The summed E-state index contributed by atoms with van der Waals surface area (Å²) in [5.74, 6) is -0.0704. The second kappa shape index (κ2) is 6.64. The van der Waals surface area contributed by atoms with Gasteiger partial charge in [-0.05, 0) is 38.0 Å². The maximum Gasteiger partial charge on any atom is 0.225 e. The summed E-state index contributed by atoms with van der Waals surface area (Å²) in [5, 5.41) is 13.1. The summed E-state index contributed by atoms with van der Waals surface area (Å²) in [6.07, 6.45) is 1.90. The Bertz CT molecular complexity index is 510. The lowest BCUT2D eigenvalue weighted by atomic mass is 9.94. The molecule has 2 rings (SSSR count). The van der Waals surface area contributed by atoms with Crippen LogP contribution >= 0.6 is 11.6 Å². The minimum Gasteiger partial charge on any atom is -0.399 e. The van der Waals surface area contributed by atoms with Crippen LogP contribution in [0.15, 0.2) is 18.2 Å². The highest BCUT2D eigenvalue weighted by atomic mass is 35.5. The molecule has 0 spiro atoms. The molecule has 4 N–H and O–H groups in total. The Morgan fingerprint density at radius 3 is 2.76 bits per heavy atom.